The first-order chi connectivity index (χ1) is 16.0. The number of ether oxygens (including phenoxy) is 1. The van der Waals surface area contributed by atoms with Gasteiger partial charge in [-0.15, -0.1) is 0 Å². The topological polar surface area (TPSA) is 113 Å². The summed E-state index contributed by atoms with van der Waals surface area (Å²) < 4.78 is 18.7. The van der Waals surface area contributed by atoms with Crippen LogP contribution in [-0.4, -0.2) is 76.6 Å². The van der Waals surface area contributed by atoms with Crippen molar-refractivity contribution in [3.05, 3.63) is 42.0 Å². The monoisotopic (exact) mass is 460 g/mol. The molecule has 2 aromatic heterocycles. The number of carboxylic acids is 1. The fourth-order valence-electron chi connectivity index (χ4n) is 3.85. The Morgan fingerprint density at radius 1 is 1.33 bits per heavy atom. The van der Waals surface area contributed by atoms with Gasteiger partial charge in [-0.25, -0.2) is 24.1 Å². The van der Waals surface area contributed by atoms with Crippen molar-refractivity contribution in [3.8, 4) is 0 Å². The van der Waals surface area contributed by atoms with Crippen LogP contribution in [0, 0.1) is 0 Å². The first-order valence-electron chi connectivity index (χ1n) is 11.4. The zero-order valence-electron chi connectivity index (χ0n) is 19.0. The molecule has 3 N–H and O–H groups in total. The lowest BCUT2D eigenvalue weighted by Crippen LogP contribution is -2.38. The first-order valence-corrected chi connectivity index (χ1v) is 11.4. The number of aryl methyl sites for hydroxylation is 2. The van der Waals surface area contributed by atoms with Gasteiger partial charge < -0.3 is 20.5 Å². The number of halogens is 1. The van der Waals surface area contributed by atoms with Crippen molar-refractivity contribution >= 4 is 17.6 Å². The van der Waals surface area contributed by atoms with Gasteiger partial charge >= 0.3 is 5.97 Å². The summed E-state index contributed by atoms with van der Waals surface area (Å²) >= 11 is 0. The summed E-state index contributed by atoms with van der Waals surface area (Å²) in [6, 6.07) is 5.01. The minimum atomic E-state index is -1.42. The number of aromatic nitrogens is 3. The number of unbranched alkanes of at least 4 members (excludes halogenated alkanes) is 1. The second-order valence-electron chi connectivity index (χ2n) is 8.16. The summed E-state index contributed by atoms with van der Waals surface area (Å²) in [7, 11) is 1.33. The van der Waals surface area contributed by atoms with Gasteiger partial charge in [0, 0.05) is 32.1 Å². The van der Waals surface area contributed by atoms with E-state index in [0.29, 0.717) is 25.3 Å². The summed E-state index contributed by atoms with van der Waals surface area (Å²) in [5.41, 5.74) is 2.32. The maximum absolute atomic E-state index is 13.9. The largest absolute Gasteiger partial charge is 0.480 e. The van der Waals surface area contributed by atoms with Crippen LogP contribution in [0.5, 0.6) is 0 Å². The number of hydrogen-bond donors (Lipinski definition) is 3. The van der Waals surface area contributed by atoms with Crippen LogP contribution < -0.4 is 10.6 Å². The molecular formula is C23H33FN6O3. The number of alkyl halides is 1. The highest BCUT2D eigenvalue weighted by Gasteiger charge is 2.20. The number of hydrogen-bond acceptors (Lipinski definition) is 8. The van der Waals surface area contributed by atoms with Gasteiger partial charge in [0.2, 0.25) is 6.36 Å². The smallest absolute Gasteiger partial charge is 0.326 e. The molecule has 1 aliphatic rings. The Kier molecular flexibility index (Phi) is 9.77. The number of nitrogens with zero attached hydrogens (tertiary/aromatic N) is 4. The van der Waals surface area contributed by atoms with Gasteiger partial charge in [-0.3, -0.25) is 4.90 Å². The van der Waals surface area contributed by atoms with Crippen LogP contribution in [0.15, 0.2) is 30.7 Å². The molecule has 3 rings (SSSR count). The maximum Gasteiger partial charge on any atom is 0.326 e. The predicted molar refractivity (Wildman–Crippen MR) is 124 cm³/mol. The molecule has 0 unspecified atom stereocenters. The number of anilines is 2. The highest BCUT2D eigenvalue weighted by Crippen LogP contribution is 2.20. The van der Waals surface area contributed by atoms with Gasteiger partial charge in [-0.05, 0) is 62.8 Å². The number of aliphatic carboxylic acids is 1. The van der Waals surface area contributed by atoms with E-state index < -0.39 is 18.4 Å². The zero-order valence-corrected chi connectivity index (χ0v) is 19.0. The molecule has 1 aliphatic heterocycles. The SMILES string of the molecule is CO[C@@H](F)CN(CCCCc1ccc2c(n1)NCCC2)CC[C@H](Nc1ccncn1)C(=O)O. The lowest BCUT2D eigenvalue weighted by atomic mass is 10.1. The van der Waals surface area contributed by atoms with Gasteiger partial charge in [-0.1, -0.05) is 6.07 Å². The number of rotatable bonds is 14. The van der Waals surface area contributed by atoms with E-state index in [1.165, 1.54) is 19.0 Å². The van der Waals surface area contributed by atoms with Crippen molar-refractivity contribution in [1.29, 1.82) is 0 Å². The van der Waals surface area contributed by atoms with Gasteiger partial charge in [0.15, 0.2) is 0 Å². The Labute approximate surface area is 193 Å². The van der Waals surface area contributed by atoms with Crippen molar-refractivity contribution in [3.63, 3.8) is 0 Å². The fourth-order valence-corrected chi connectivity index (χ4v) is 3.85. The Morgan fingerprint density at radius 2 is 2.21 bits per heavy atom. The third kappa shape index (κ3) is 8.21. The molecular weight excluding hydrogens is 427 g/mol. The Balaban J connectivity index is 1.48. The van der Waals surface area contributed by atoms with Gasteiger partial charge in [-0.2, -0.15) is 0 Å². The normalized spacial score (nSPS) is 14.9. The molecule has 33 heavy (non-hydrogen) atoms. The van der Waals surface area contributed by atoms with Gasteiger partial charge in [0.05, 0.1) is 6.54 Å². The number of carboxylic acid groups (broad SMARTS) is 1. The third-order valence-electron chi connectivity index (χ3n) is 5.70. The molecule has 0 aliphatic carbocycles. The number of methoxy groups -OCH3 is 1. The third-order valence-corrected chi connectivity index (χ3v) is 5.70. The van der Waals surface area contributed by atoms with E-state index in [1.807, 2.05) is 4.90 Å². The summed E-state index contributed by atoms with van der Waals surface area (Å²) in [5, 5.41) is 15.8. The summed E-state index contributed by atoms with van der Waals surface area (Å²) in [5.74, 6) is 0.456. The molecule has 9 nitrogen and oxygen atoms in total. The molecule has 0 saturated heterocycles. The van der Waals surface area contributed by atoms with E-state index in [2.05, 4.69) is 32.7 Å². The second kappa shape index (κ2) is 13.0. The number of nitrogens with one attached hydrogen (secondary N) is 2. The van der Waals surface area contributed by atoms with Gasteiger partial charge in [0.1, 0.15) is 24.0 Å². The minimum Gasteiger partial charge on any atom is -0.480 e. The molecule has 0 radical (unpaired) electrons. The lowest BCUT2D eigenvalue weighted by Gasteiger charge is -2.25. The highest BCUT2D eigenvalue weighted by atomic mass is 19.1. The van der Waals surface area contributed by atoms with Crippen LogP contribution in [0.1, 0.15) is 36.9 Å². The summed E-state index contributed by atoms with van der Waals surface area (Å²) in [6.07, 6.45) is 6.58. The molecule has 3 heterocycles. The van der Waals surface area contributed by atoms with Crippen LogP contribution in [0.2, 0.25) is 0 Å². The zero-order chi connectivity index (χ0) is 23.5. The molecule has 0 aromatic carbocycles. The van der Waals surface area contributed by atoms with Crippen LogP contribution in [0.4, 0.5) is 16.0 Å². The highest BCUT2D eigenvalue weighted by molar-refractivity contribution is 5.76. The Morgan fingerprint density at radius 3 is 2.97 bits per heavy atom. The van der Waals surface area contributed by atoms with Crippen molar-refractivity contribution in [1.82, 2.24) is 19.9 Å². The van der Waals surface area contributed by atoms with E-state index in [0.717, 1.165) is 50.2 Å². The minimum absolute atomic E-state index is 0.0946. The van der Waals surface area contributed by atoms with E-state index in [-0.39, 0.29) is 6.54 Å². The van der Waals surface area contributed by atoms with Crippen LogP contribution in [0.3, 0.4) is 0 Å². The molecule has 2 atom stereocenters. The average Bonchev–Trinajstić information content (AvgIpc) is 2.84. The second-order valence-corrected chi connectivity index (χ2v) is 8.16. The summed E-state index contributed by atoms with van der Waals surface area (Å²) in [4.78, 5) is 26.2. The van der Waals surface area contributed by atoms with E-state index >= 15 is 0 Å². The molecule has 2 aromatic rings. The number of fused-ring (bicyclic) bond motifs is 1. The van der Waals surface area contributed by atoms with Crippen LogP contribution >= 0.6 is 0 Å². The van der Waals surface area contributed by atoms with Crippen molar-refractivity contribution in [2.45, 2.75) is 50.9 Å². The molecule has 10 heteroatoms. The van der Waals surface area contributed by atoms with E-state index in [9.17, 15) is 14.3 Å². The number of carbonyl (C=O) groups is 1. The van der Waals surface area contributed by atoms with Crippen LogP contribution in [0.25, 0.3) is 0 Å². The quantitative estimate of drug-likeness (QED) is 0.366. The first kappa shape index (κ1) is 24.8. The molecule has 180 valence electrons. The predicted octanol–water partition coefficient (Wildman–Crippen LogP) is 2.75. The van der Waals surface area contributed by atoms with E-state index in [1.54, 1.807) is 12.3 Å². The maximum atomic E-state index is 13.9. The van der Waals surface area contributed by atoms with Crippen molar-refractivity contribution < 1.29 is 19.0 Å². The number of pyridine rings is 1. The molecule has 0 amide bonds. The van der Waals surface area contributed by atoms with Crippen molar-refractivity contribution in [2.24, 2.45) is 0 Å². The standard InChI is InChI=1S/C23H33FN6O3/c1-33-20(24)15-30(14-10-19(23(31)32)29-21-9-12-25-16-27-21)13-3-2-6-18-8-7-17-5-4-11-26-22(17)28-18/h7-9,12,16,19-20H,2-6,10-11,13-15H2,1H3,(H,26,28)(H,31,32)(H,25,27,29)/t19-,20+/m0/s1. The molecule has 0 saturated carbocycles. The van der Waals surface area contributed by atoms with E-state index in [4.69, 9.17) is 9.72 Å². The molecule has 0 bridgehead atoms. The fraction of sp³-hybridized carbons (Fsp3) is 0.565. The molecule has 0 fully saturated rings. The Bertz CT molecular complexity index is 873. The Hall–Kier alpha value is -2.85. The summed E-state index contributed by atoms with van der Waals surface area (Å²) in [6.45, 7) is 2.12. The van der Waals surface area contributed by atoms with Gasteiger partial charge in [0.25, 0.3) is 0 Å². The average molecular weight is 461 g/mol. The van der Waals surface area contributed by atoms with Crippen molar-refractivity contribution in [2.75, 3.05) is 43.9 Å². The lowest BCUT2D eigenvalue weighted by molar-refractivity contribution is -0.138. The van der Waals surface area contributed by atoms with Crippen LogP contribution in [-0.2, 0) is 22.4 Å². The molecule has 0 spiro atoms.